The maximum Gasteiger partial charge on any atom is -0.00104 e. The number of rotatable bonds is 2. The summed E-state index contributed by atoms with van der Waals surface area (Å²) >= 11 is 0. The molecule has 0 saturated heterocycles. The van der Waals surface area contributed by atoms with E-state index in [0.717, 1.165) is 12.8 Å². The van der Waals surface area contributed by atoms with Crippen molar-refractivity contribution in [1.29, 1.82) is 0 Å². The Morgan fingerprint density at radius 1 is 0.714 bits per heavy atom. The molecule has 0 fully saturated rings. The van der Waals surface area contributed by atoms with Crippen molar-refractivity contribution in [3.05, 3.63) is 94.0 Å². The third-order valence-corrected chi connectivity index (χ3v) is 6.09. The van der Waals surface area contributed by atoms with Crippen LogP contribution in [0.15, 0.2) is 60.7 Å². The van der Waals surface area contributed by atoms with Gasteiger partial charge in [0.15, 0.2) is 0 Å². The van der Waals surface area contributed by atoms with Gasteiger partial charge in [-0.2, -0.15) is 0 Å². The number of hydrogen-bond acceptors (Lipinski definition) is 0. The Kier molecular flexibility index (Phi) is 4.49. The van der Waals surface area contributed by atoms with Gasteiger partial charge in [0.05, 0.1) is 0 Å². The van der Waals surface area contributed by atoms with Gasteiger partial charge in [0.1, 0.15) is 0 Å². The second-order valence-corrected chi connectivity index (χ2v) is 10.3. The Bertz CT molecular complexity index is 1010. The Hall–Kier alpha value is -2.34. The van der Waals surface area contributed by atoms with Crippen LogP contribution in [0.4, 0.5) is 0 Å². The summed E-state index contributed by atoms with van der Waals surface area (Å²) < 4.78 is 0. The van der Waals surface area contributed by atoms with Crippen LogP contribution in [-0.4, -0.2) is 0 Å². The average Bonchev–Trinajstić information content (AvgIpc) is 2.99. The van der Waals surface area contributed by atoms with E-state index in [9.17, 15) is 0 Å². The third-order valence-electron chi connectivity index (χ3n) is 6.09. The Morgan fingerprint density at radius 2 is 1.39 bits per heavy atom. The fourth-order valence-electron chi connectivity index (χ4n) is 4.51. The zero-order valence-corrected chi connectivity index (χ0v) is 18.2. The first-order valence-corrected chi connectivity index (χ1v) is 10.5. The summed E-state index contributed by atoms with van der Waals surface area (Å²) in [4.78, 5) is 0. The molecule has 0 aliphatic heterocycles. The van der Waals surface area contributed by atoms with E-state index >= 15 is 0 Å². The second kappa shape index (κ2) is 6.62. The van der Waals surface area contributed by atoms with Crippen LogP contribution in [0, 0.1) is 0 Å². The molecule has 0 aromatic heterocycles. The first-order valence-electron chi connectivity index (χ1n) is 10.5. The van der Waals surface area contributed by atoms with E-state index in [2.05, 4.69) is 102 Å². The fraction of sp³-hybridized carbons (Fsp3) is 0.357. The smallest absolute Gasteiger partial charge is 0.00104 e. The van der Waals surface area contributed by atoms with E-state index in [1.807, 2.05) is 0 Å². The topological polar surface area (TPSA) is 0 Å². The normalized spacial score (nSPS) is 13.4. The first kappa shape index (κ1) is 19.0. The van der Waals surface area contributed by atoms with Crippen molar-refractivity contribution in [3.8, 4) is 11.1 Å². The molecule has 0 unspecified atom stereocenters. The molecule has 1 aliphatic rings. The van der Waals surface area contributed by atoms with E-state index < -0.39 is 0 Å². The van der Waals surface area contributed by atoms with Gasteiger partial charge in [0.25, 0.3) is 0 Å². The largest absolute Gasteiger partial charge is 0.0622 e. The summed E-state index contributed by atoms with van der Waals surface area (Å²) in [5.74, 6) is 0. The summed E-state index contributed by atoms with van der Waals surface area (Å²) in [5, 5.41) is 0. The molecule has 0 N–H and O–H groups in total. The molecule has 0 atom stereocenters. The zero-order chi connectivity index (χ0) is 20.1. The summed E-state index contributed by atoms with van der Waals surface area (Å²) in [7, 11) is 0. The van der Waals surface area contributed by atoms with Crippen molar-refractivity contribution in [2.45, 2.75) is 65.2 Å². The molecule has 0 nitrogen and oxygen atoms in total. The first-order chi connectivity index (χ1) is 13.1. The van der Waals surface area contributed by atoms with Crippen LogP contribution in [0.1, 0.15) is 74.9 Å². The standard InChI is InChI=1S/C28H32/c1-27(2,3)21-12-13-22-20(17-21)18-24-23(22)14-15-26(28(4,5)6)25(24)16-19-10-8-7-9-11-19/h7-15,17H,16,18H2,1-6H3. The van der Waals surface area contributed by atoms with E-state index in [0.29, 0.717) is 0 Å². The van der Waals surface area contributed by atoms with Crippen molar-refractivity contribution >= 4 is 0 Å². The van der Waals surface area contributed by atoms with Crippen LogP contribution >= 0.6 is 0 Å². The maximum absolute atomic E-state index is 2.44. The van der Waals surface area contributed by atoms with Gasteiger partial charge in [0.2, 0.25) is 0 Å². The van der Waals surface area contributed by atoms with Crippen LogP contribution in [0.3, 0.4) is 0 Å². The number of hydrogen-bond donors (Lipinski definition) is 0. The SMILES string of the molecule is CC(C)(C)c1ccc2c(c1)Cc1c-2ccc(C(C)(C)C)c1Cc1ccccc1. The minimum atomic E-state index is 0.143. The highest BCUT2D eigenvalue weighted by molar-refractivity contribution is 5.79. The molecule has 0 bridgehead atoms. The molecular weight excluding hydrogens is 336 g/mol. The van der Waals surface area contributed by atoms with Gasteiger partial charge in [-0.25, -0.2) is 0 Å². The Labute approximate surface area is 170 Å². The zero-order valence-electron chi connectivity index (χ0n) is 18.2. The van der Waals surface area contributed by atoms with Crippen molar-refractivity contribution in [3.63, 3.8) is 0 Å². The molecule has 28 heavy (non-hydrogen) atoms. The minimum absolute atomic E-state index is 0.143. The van der Waals surface area contributed by atoms with Crippen molar-refractivity contribution in [2.24, 2.45) is 0 Å². The van der Waals surface area contributed by atoms with Crippen molar-refractivity contribution in [1.82, 2.24) is 0 Å². The lowest BCUT2D eigenvalue weighted by atomic mass is 9.79. The van der Waals surface area contributed by atoms with Crippen molar-refractivity contribution < 1.29 is 0 Å². The molecule has 0 saturated carbocycles. The summed E-state index contributed by atoms with van der Waals surface area (Å²) in [5.41, 5.74) is 12.1. The quantitative estimate of drug-likeness (QED) is 0.345. The van der Waals surface area contributed by atoms with Crippen LogP contribution in [0.25, 0.3) is 11.1 Å². The van der Waals surface area contributed by atoms with Gasteiger partial charge < -0.3 is 0 Å². The van der Waals surface area contributed by atoms with Crippen LogP contribution in [0.5, 0.6) is 0 Å². The van der Waals surface area contributed by atoms with Gasteiger partial charge >= 0.3 is 0 Å². The maximum atomic E-state index is 2.44. The van der Waals surface area contributed by atoms with E-state index in [1.54, 1.807) is 0 Å². The van der Waals surface area contributed by atoms with Crippen molar-refractivity contribution in [2.75, 3.05) is 0 Å². The third kappa shape index (κ3) is 3.41. The van der Waals surface area contributed by atoms with Gasteiger partial charge in [-0.05, 0) is 68.2 Å². The molecule has 0 amide bonds. The molecular formula is C28H32. The highest BCUT2D eigenvalue weighted by atomic mass is 14.3. The predicted molar refractivity (Wildman–Crippen MR) is 121 cm³/mol. The predicted octanol–water partition coefficient (Wildman–Crippen LogP) is 7.44. The minimum Gasteiger partial charge on any atom is -0.0622 e. The lowest BCUT2D eigenvalue weighted by Crippen LogP contribution is -2.16. The molecule has 0 heteroatoms. The highest BCUT2D eigenvalue weighted by Gasteiger charge is 2.28. The lowest BCUT2D eigenvalue weighted by molar-refractivity contribution is 0.583. The summed E-state index contributed by atoms with van der Waals surface area (Å²) in [6.07, 6.45) is 2.07. The Morgan fingerprint density at radius 3 is 2.04 bits per heavy atom. The molecule has 4 rings (SSSR count). The highest BCUT2D eigenvalue weighted by Crippen LogP contribution is 2.43. The van der Waals surface area contributed by atoms with E-state index in [-0.39, 0.29) is 10.8 Å². The molecule has 3 aromatic rings. The molecule has 3 aromatic carbocycles. The molecule has 144 valence electrons. The molecule has 1 aliphatic carbocycles. The van der Waals surface area contributed by atoms with Crippen LogP contribution in [0.2, 0.25) is 0 Å². The van der Waals surface area contributed by atoms with Crippen LogP contribution < -0.4 is 0 Å². The van der Waals surface area contributed by atoms with Gasteiger partial charge in [0, 0.05) is 0 Å². The molecule has 0 heterocycles. The fourth-order valence-corrected chi connectivity index (χ4v) is 4.51. The van der Waals surface area contributed by atoms with Gasteiger partial charge in [-0.3, -0.25) is 0 Å². The second-order valence-electron chi connectivity index (χ2n) is 10.3. The summed E-state index contributed by atoms with van der Waals surface area (Å²) in [6.45, 7) is 13.9. The molecule has 0 radical (unpaired) electrons. The van der Waals surface area contributed by atoms with Crippen LogP contribution in [-0.2, 0) is 23.7 Å². The van der Waals surface area contributed by atoms with Gasteiger partial charge in [-0.1, -0.05) is 102 Å². The average molecular weight is 369 g/mol. The Balaban J connectivity index is 1.85. The molecule has 0 spiro atoms. The number of fused-ring (bicyclic) bond motifs is 3. The summed E-state index contributed by atoms with van der Waals surface area (Å²) in [6, 6.07) is 22.8. The monoisotopic (exact) mass is 368 g/mol. The van der Waals surface area contributed by atoms with E-state index in [4.69, 9.17) is 0 Å². The lowest BCUT2D eigenvalue weighted by Gasteiger charge is -2.25. The van der Waals surface area contributed by atoms with Gasteiger partial charge in [-0.15, -0.1) is 0 Å². The number of benzene rings is 3. The van der Waals surface area contributed by atoms with E-state index in [1.165, 1.54) is 44.5 Å².